The minimum atomic E-state index is -0.0452. The average molecular weight is 376 g/mol. The number of nitrogens with two attached hydrogens (primary N) is 1. The zero-order chi connectivity index (χ0) is 19.5. The van der Waals surface area contributed by atoms with Crippen LogP contribution in [0.2, 0.25) is 0 Å². The summed E-state index contributed by atoms with van der Waals surface area (Å²) in [5.41, 5.74) is 7.73. The lowest BCUT2D eigenvalue weighted by Crippen LogP contribution is -2.38. The number of hydrogen-bond donors (Lipinski definition) is 1. The summed E-state index contributed by atoms with van der Waals surface area (Å²) in [4.78, 5) is 28.0. The number of carbonyl (C=O) groups excluding carboxylic acids is 1. The van der Waals surface area contributed by atoms with E-state index in [0.717, 1.165) is 30.8 Å². The lowest BCUT2D eigenvalue weighted by molar-refractivity contribution is 0.0710. The van der Waals surface area contributed by atoms with Crippen molar-refractivity contribution in [2.75, 3.05) is 18.8 Å². The first-order valence-electron chi connectivity index (χ1n) is 9.65. The van der Waals surface area contributed by atoms with Crippen LogP contribution in [0.3, 0.4) is 0 Å². The van der Waals surface area contributed by atoms with Crippen molar-refractivity contribution in [1.29, 1.82) is 0 Å². The summed E-state index contributed by atoms with van der Waals surface area (Å²) >= 11 is 0. The molecule has 0 saturated carbocycles. The Morgan fingerprint density at radius 3 is 2.64 bits per heavy atom. The Morgan fingerprint density at radius 2 is 1.93 bits per heavy atom. The molecule has 3 aromatic rings. The SMILES string of the molecule is CCn1ccnc1C1CCN(C(=O)c2cnc(N)nc2-c2ccccc2)CC1. The number of aromatic nitrogens is 4. The molecule has 0 radical (unpaired) electrons. The first kappa shape index (κ1) is 18.2. The number of imidazole rings is 1. The highest BCUT2D eigenvalue weighted by atomic mass is 16.2. The Kier molecular flexibility index (Phi) is 5.06. The highest BCUT2D eigenvalue weighted by molar-refractivity contribution is 5.99. The first-order chi connectivity index (χ1) is 13.7. The Morgan fingerprint density at radius 1 is 1.18 bits per heavy atom. The molecule has 1 aromatic carbocycles. The number of hydrogen-bond acceptors (Lipinski definition) is 5. The van der Waals surface area contributed by atoms with Crippen LogP contribution < -0.4 is 5.73 Å². The van der Waals surface area contributed by atoms with E-state index < -0.39 is 0 Å². The van der Waals surface area contributed by atoms with Gasteiger partial charge in [0.25, 0.3) is 5.91 Å². The van der Waals surface area contributed by atoms with Crippen molar-refractivity contribution in [1.82, 2.24) is 24.4 Å². The molecule has 144 valence electrons. The third kappa shape index (κ3) is 3.47. The van der Waals surface area contributed by atoms with Gasteiger partial charge in [0, 0.05) is 49.7 Å². The van der Waals surface area contributed by atoms with E-state index >= 15 is 0 Å². The standard InChI is InChI=1S/C21H24N6O/c1-2-26-13-10-23-19(26)16-8-11-27(12-9-16)20(28)17-14-24-21(22)25-18(17)15-6-4-3-5-7-15/h3-7,10,13-14,16H,2,8-9,11-12H2,1H3,(H2,22,24,25). The Hall–Kier alpha value is -3.22. The summed E-state index contributed by atoms with van der Waals surface area (Å²) in [5, 5.41) is 0. The van der Waals surface area contributed by atoms with Crippen LogP contribution in [0.4, 0.5) is 5.95 Å². The van der Waals surface area contributed by atoms with E-state index in [0.29, 0.717) is 30.3 Å². The maximum absolute atomic E-state index is 13.2. The van der Waals surface area contributed by atoms with Gasteiger partial charge in [-0.15, -0.1) is 0 Å². The minimum Gasteiger partial charge on any atom is -0.368 e. The van der Waals surface area contributed by atoms with Crippen molar-refractivity contribution in [3.8, 4) is 11.3 Å². The van der Waals surface area contributed by atoms with E-state index in [1.807, 2.05) is 47.6 Å². The second kappa shape index (κ2) is 7.80. The van der Waals surface area contributed by atoms with Gasteiger partial charge in [0.1, 0.15) is 5.82 Å². The molecular formula is C21H24N6O. The van der Waals surface area contributed by atoms with Crippen molar-refractivity contribution in [3.63, 3.8) is 0 Å². The molecule has 4 rings (SSSR count). The molecule has 7 nitrogen and oxygen atoms in total. The molecule has 1 fully saturated rings. The Bertz CT molecular complexity index is 960. The third-order valence-corrected chi connectivity index (χ3v) is 5.32. The van der Waals surface area contributed by atoms with Gasteiger partial charge in [-0.1, -0.05) is 30.3 Å². The number of aryl methyl sites for hydroxylation is 1. The summed E-state index contributed by atoms with van der Waals surface area (Å²) < 4.78 is 2.18. The molecule has 0 atom stereocenters. The van der Waals surface area contributed by atoms with Crippen molar-refractivity contribution in [2.24, 2.45) is 0 Å². The molecule has 28 heavy (non-hydrogen) atoms. The fourth-order valence-electron chi connectivity index (χ4n) is 3.83. The van der Waals surface area contributed by atoms with Crippen LogP contribution in [0.25, 0.3) is 11.3 Å². The van der Waals surface area contributed by atoms with Crippen LogP contribution in [0.1, 0.15) is 41.9 Å². The highest BCUT2D eigenvalue weighted by Gasteiger charge is 2.28. The van der Waals surface area contributed by atoms with Crippen LogP contribution >= 0.6 is 0 Å². The predicted octanol–water partition coefficient (Wildman–Crippen LogP) is 2.96. The van der Waals surface area contributed by atoms with Gasteiger partial charge in [0.15, 0.2) is 0 Å². The van der Waals surface area contributed by atoms with Gasteiger partial charge in [0.05, 0.1) is 11.3 Å². The summed E-state index contributed by atoms with van der Waals surface area (Å²) in [6, 6.07) is 9.62. The molecule has 0 bridgehead atoms. The van der Waals surface area contributed by atoms with E-state index in [4.69, 9.17) is 5.73 Å². The third-order valence-electron chi connectivity index (χ3n) is 5.32. The predicted molar refractivity (Wildman–Crippen MR) is 108 cm³/mol. The van der Waals surface area contributed by atoms with E-state index in [9.17, 15) is 4.79 Å². The largest absolute Gasteiger partial charge is 0.368 e. The Labute approximate surface area is 164 Å². The van der Waals surface area contributed by atoms with Gasteiger partial charge < -0.3 is 15.2 Å². The summed E-state index contributed by atoms with van der Waals surface area (Å²) in [5.74, 6) is 1.63. The highest BCUT2D eigenvalue weighted by Crippen LogP contribution is 2.29. The fraction of sp³-hybridized carbons (Fsp3) is 0.333. The molecule has 2 N–H and O–H groups in total. The fourth-order valence-corrected chi connectivity index (χ4v) is 3.83. The van der Waals surface area contributed by atoms with Crippen molar-refractivity contribution >= 4 is 11.9 Å². The molecule has 1 amide bonds. The molecule has 0 spiro atoms. The molecular weight excluding hydrogens is 352 g/mol. The van der Waals surface area contributed by atoms with Gasteiger partial charge in [-0.2, -0.15) is 0 Å². The number of amides is 1. The number of nitrogen functional groups attached to an aromatic ring is 1. The second-order valence-electron chi connectivity index (χ2n) is 6.99. The number of piperidine rings is 1. The van der Waals surface area contributed by atoms with Crippen LogP contribution in [-0.4, -0.2) is 43.4 Å². The molecule has 2 aromatic heterocycles. The quantitative estimate of drug-likeness (QED) is 0.756. The van der Waals surface area contributed by atoms with E-state index in [2.05, 4.69) is 26.4 Å². The normalized spacial score (nSPS) is 15.0. The molecule has 7 heteroatoms. The summed E-state index contributed by atoms with van der Waals surface area (Å²) in [7, 11) is 0. The number of benzene rings is 1. The molecule has 0 unspecified atom stereocenters. The van der Waals surface area contributed by atoms with Crippen molar-refractivity contribution < 1.29 is 4.79 Å². The molecule has 1 saturated heterocycles. The summed E-state index contributed by atoms with van der Waals surface area (Å²) in [6.45, 7) is 4.42. The maximum atomic E-state index is 13.2. The molecule has 0 aliphatic carbocycles. The average Bonchev–Trinajstić information content (AvgIpc) is 3.23. The zero-order valence-corrected chi connectivity index (χ0v) is 16.0. The van der Waals surface area contributed by atoms with E-state index in [1.165, 1.54) is 0 Å². The number of likely N-dealkylation sites (tertiary alicyclic amines) is 1. The zero-order valence-electron chi connectivity index (χ0n) is 16.0. The molecule has 1 aliphatic rings. The number of rotatable bonds is 4. The first-order valence-corrected chi connectivity index (χ1v) is 9.65. The van der Waals surface area contributed by atoms with Crippen molar-refractivity contribution in [2.45, 2.75) is 32.2 Å². The van der Waals surface area contributed by atoms with E-state index in [-0.39, 0.29) is 11.9 Å². The van der Waals surface area contributed by atoms with Crippen molar-refractivity contribution in [3.05, 3.63) is 60.3 Å². The molecule has 3 heterocycles. The van der Waals surface area contributed by atoms with Gasteiger partial charge in [-0.25, -0.2) is 15.0 Å². The van der Waals surface area contributed by atoms with Gasteiger partial charge in [-0.3, -0.25) is 4.79 Å². The lowest BCUT2D eigenvalue weighted by atomic mass is 9.95. The van der Waals surface area contributed by atoms with Gasteiger partial charge >= 0.3 is 0 Å². The second-order valence-corrected chi connectivity index (χ2v) is 6.99. The number of carbonyl (C=O) groups is 1. The monoisotopic (exact) mass is 376 g/mol. The minimum absolute atomic E-state index is 0.0452. The Balaban J connectivity index is 1.54. The van der Waals surface area contributed by atoms with E-state index in [1.54, 1.807) is 6.20 Å². The number of nitrogens with zero attached hydrogens (tertiary/aromatic N) is 5. The smallest absolute Gasteiger partial charge is 0.257 e. The summed E-state index contributed by atoms with van der Waals surface area (Å²) in [6.07, 6.45) is 7.22. The van der Waals surface area contributed by atoms with Gasteiger partial charge in [-0.05, 0) is 19.8 Å². The van der Waals surface area contributed by atoms with Crippen LogP contribution in [0.15, 0.2) is 48.9 Å². The molecule has 1 aliphatic heterocycles. The lowest BCUT2D eigenvalue weighted by Gasteiger charge is -2.32. The van der Waals surface area contributed by atoms with Crippen LogP contribution in [0, 0.1) is 0 Å². The maximum Gasteiger partial charge on any atom is 0.257 e. The van der Waals surface area contributed by atoms with Crippen LogP contribution in [0.5, 0.6) is 0 Å². The number of anilines is 1. The topological polar surface area (TPSA) is 89.9 Å². The van der Waals surface area contributed by atoms with Gasteiger partial charge in [0.2, 0.25) is 5.95 Å². The van der Waals surface area contributed by atoms with Crippen LogP contribution in [-0.2, 0) is 6.54 Å².